The smallest absolute Gasteiger partial charge is 0.296 e. The molecule has 3 aromatic carbocycles. The van der Waals surface area contributed by atoms with E-state index in [4.69, 9.17) is 10.5 Å². The van der Waals surface area contributed by atoms with Crippen molar-refractivity contribution in [3.05, 3.63) is 115 Å². The van der Waals surface area contributed by atoms with Crippen LogP contribution in [0.1, 0.15) is 60.4 Å². The van der Waals surface area contributed by atoms with Crippen LogP contribution in [0.25, 0.3) is 0 Å². The summed E-state index contributed by atoms with van der Waals surface area (Å²) in [6.45, 7) is 10.2. The van der Waals surface area contributed by atoms with Crippen LogP contribution in [-0.4, -0.2) is 17.8 Å². The lowest BCUT2D eigenvalue weighted by Gasteiger charge is -2.43. The summed E-state index contributed by atoms with van der Waals surface area (Å²) in [7, 11) is 1.44. The van der Waals surface area contributed by atoms with Crippen LogP contribution in [0.4, 0.5) is 11.4 Å². The third kappa shape index (κ3) is 5.58. The van der Waals surface area contributed by atoms with Crippen LogP contribution in [0.2, 0.25) is 0 Å². The van der Waals surface area contributed by atoms with E-state index in [2.05, 4.69) is 44.2 Å². The number of thioether (sulfide) groups is 1. The second-order valence-electron chi connectivity index (χ2n) is 12.3. The molecule has 2 aliphatic rings. The first kappa shape index (κ1) is 30.9. The Balaban J connectivity index is 1.71. The number of ketones is 1. The molecule has 0 saturated carbocycles. The predicted octanol–water partition coefficient (Wildman–Crippen LogP) is 7.76. The molecule has 8 nitrogen and oxygen atoms in total. The van der Waals surface area contributed by atoms with Gasteiger partial charge in [0, 0.05) is 28.3 Å². The van der Waals surface area contributed by atoms with Crippen LogP contribution in [0.5, 0.6) is 5.75 Å². The molecule has 1 heterocycles. The standard InChI is InChI=1S/C35H36N4O4S/c1-20-9-7-8-10-31(20)44-19-23-14-25(22(3)13-21(23)2)32-26(18-36)34(37)38(29-16-35(4,5)17-30(40)33(29)32)27-12-11-24(43-6)15-28(27)39(41)42/h7-15,32H,16-17,19,37H2,1-6H3. The molecule has 0 bridgehead atoms. The van der Waals surface area contributed by atoms with Gasteiger partial charge in [-0.1, -0.05) is 44.2 Å². The van der Waals surface area contributed by atoms with Crippen molar-refractivity contribution in [2.75, 3.05) is 12.0 Å². The summed E-state index contributed by atoms with van der Waals surface area (Å²) in [5.74, 6) is 0.354. The lowest BCUT2D eigenvalue weighted by molar-refractivity contribution is -0.384. The van der Waals surface area contributed by atoms with Crippen molar-refractivity contribution in [1.29, 1.82) is 5.26 Å². The van der Waals surface area contributed by atoms with Gasteiger partial charge >= 0.3 is 0 Å². The number of aryl methyl sites for hydroxylation is 3. The Morgan fingerprint density at radius 1 is 1.09 bits per heavy atom. The van der Waals surface area contributed by atoms with Crippen LogP contribution < -0.4 is 15.4 Å². The van der Waals surface area contributed by atoms with Gasteiger partial charge in [-0.25, -0.2) is 0 Å². The van der Waals surface area contributed by atoms with E-state index in [-0.39, 0.29) is 28.6 Å². The Hall–Kier alpha value is -4.55. The van der Waals surface area contributed by atoms with E-state index in [1.807, 2.05) is 32.9 Å². The van der Waals surface area contributed by atoms with Crippen LogP contribution >= 0.6 is 11.8 Å². The number of benzene rings is 3. The van der Waals surface area contributed by atoms with Gasteiger partial charge < -0.3 is 10.5 Å². The van der Waals surface area contributed by atoms with E-state index in [0.29, 0.717) is 29.9 Å². The monoisotopic (exact) mass is 608 g/mol. The molecule has 0 saturated heterocycles. The number of nitrogens with zero attached hydrogens (tertiary/aromatic N) is 3. The average Bonchev–Trinajstić information content (AvgIpc) is 2.96. The van der Waals surface area contributed by atoms with Gasteiger partial charge in [0.05, 0.1) is 35.7 Å². The van der Waals surface area contributed by atoms with E-state index < -0.39 is 16.3 Å². The molecular weight excluding hydrogens is 572 g/mol. The SMILES string of the molecule is COc1ccc(N2C(N)=C(C#N)C(c3cc(CSc4ccccc4C)c(C)cc3C)C3=C2CC(C)(C)CC3=O)c([N+](=O)[O-])c1. The largest absolute Gasteiger partial charge is 0.496 e. The highest BCUT2D eigenvalue weighted by molar-refractivity contribution is 7.98. The van der Waals surface area contributed by atoms with Crippen LogP contribution in [0, 0.1) is 47.6 Å². The molecule has 0 spiro atoms. The lowest BCUT2D eigenvalue weighted by atomic mass is 9.68. The fourth-order valence-electron chi connectivity index (χ4n) is 6.32. The van der Waals surface area contributed by atoms with Crippen LogP contribution in [0.3, 0.4) is 0 Å². The van der Waals surface area contributed by atoms with Crippen molar-refractivity contribution < 1.29 is 14.5 Å². The zero-order valence-electron chi connectivity index (χ0n) is 25.9. The normalized spacial score (nSPS) is 17.8. The van der Waals surface area contributed by atoms with Gasteiger partial charge in [-0.2, -0.15) is 5.26 Å². The Bertz CT molecular complexity index is 1800. The molecule has 0 amide bonds. The number of methoxy groups -OCH3 is 1. The molecule has 0 aromatic heterocycles. The number of nitro benzene ring substituents is 1. The van der Waals surface area contributed by atoms with Crippen molar-refractivity contribution in [1.82, 2.24) is 0 Å². The van der Waals surface area contributed by atoms with E-state index >= 15 is 0 Å². The summed E-state index contributed by atoms with van der Waals surface area (Å²) >= 11 is 1.75. The van der Waals surface area contributed by atoms with Gasteiger partial charge in [0.25, 0.3) is 5.69 Å². The molecule has 1 aliphatic carbocycles. The summed E-state index contributed by atoms with van der Waals surface area (Å²) in [6, 6.07) is 19.3. The molecular formula is C35H36N4O4S. The number of carbonyl (C=O) groups is 1. The van der Waals surface area contributed by atoms with E-state index in [9.17, 15) is 20.2 Å². The second-order valence-corrected chi connectivity index (χ2v) is 13.3. The molecule has 1 aliphatic heterocycles. The van der Waals surface area contributed by atoms with Gasteiger partial charge in [0.2, 0.25) is 0 Å². The topological polar surface area (TPSA) is 122 Å². The van der Waals surface area contributed by atoms with Crippen molar-refractivity contribution in [3.63, 3.8) is 0 Å². The van der Waals surface area contributed by atoms with Crippen molar-refractivity contribution in [2.24, 2.45) is 11.1 Å². The first-order valence-electron chi connectivity index (χ1n) is 14.4. The zero-order valence-corrected chi connectivity index (χ0v) is 26.7. The number of nitrogens with two attached hydrogens (primary N) is 1. The number of anilines is 1. The molecule has 0 fully saturated rings. The van der Waals surface area contributed by atoms with Gasteiger partial charge in [0.1, 0.15) is 17.3 Å². The van der Waals surface area contributed by atoms with Crippen molar-refractivity contribution in [2.45, 2.75) is 64.0 Å². The van der Waals surface area contributed by atoms with Gasteiger partial charge in [-0.3, -0.25) is 19.8 Å². The number of ether oxygens (including phenoxy) is 1. The highest BCUT2D eigenvalue weighted by Crippen LogP contribution is 2.52. The fraction of sp³-hybridized carbons (Fsp3) is 0.314. The summed E-state index contributed by atoms with van der Waals surface area (Å²) in [4.78, 5) is 28.6. The highest BCUT2D eigenvalue weighted by atomic mass is 32.2. The quantitative estimate of drug-likeness (QED) is 0.164. The Kier molecular flexibility index (Phi) is 8.32. The van der Waals surface area contributed by atoms with Crippen molar-refractivity contribution in [3.8, 4) is 11.8 Å². The number of allylic oxidation sites excluding steroid dienone is 3. The first-order chi connectivity index (χ1) is 20.9. The molecule has 1 atom stereocenters. The second kappa shape index (κ2) is 11.9. The van der Waals surface area contributed by atoms with E-state index in [1.54, 1.807) is 28.8 Å². The first-order valence-corrected chi connectivity index (χ1v) is 15.4. The van der Waals surface area contributed by atoms with Crippen LogP contribution in [0.15, 0.2) is 82.2 Å². The minimum atomic E-state index is -0.685. The third-order valence-electron chi connectivity index (χ3n) is 8.51. The summed E-state index contributed by atoms with van der Waals surface area (Å²) in [6.07, 6.45) is 0.745. The Labute approximate surface area is 262 Å². The summed E-state index contributed by atoms with van der Waals surface area (Å²) in [5.41, 5.74) is 12.9. The number of Topliss-reactive ketones (excluding diaryl/α,β-unsaturated/α-hetero) is 1. The molecule has 3 aromatic rings. The molecule has 226 valence electrons. The minimum Gasteiger partial charge on any atom is -0.496 e. The number of carbonyl (C=O) groups excluding carboxylic acids is 1. The third-order valence-corrected chi connectivity index (χ3v) is 9.74. The molecule has 2 N–H and O–H groups in total. The number of hydrogen-bond acceptors (Lipinski definition) is 8. The van der Waals surface area contributed by atoms with Crippen LogP contribution in [-0.2, 0) is 10.5 Å². The Morgan fingerprint density at radius 2 is 1.82 bits per heavy atom. The molecule has 1 unspecified atom stereocenters. The summed E-state index contributed by atoms with van der Waals surface area (Å²) < 4.78 is 5.25. The van der Waals surface area contributed by atoms with E-state index in [0.717, 1.165) is 28.0 Å². The van der Waals surface area contributed by atoms with Gasteiger partial charge in [0.15, 0.2) is 5.78 Å². The average molecular weight is 609 g/mol. The minimum absolute atomic E-state index is 0.0847. The Morgan fingerprint density at radius 3 is 2.48 bits per heavy atom. The fourth-order valence-corrected chi connectivity index (χ4v) is 7.41. The number of nitriles is 1. The molecule has 44 heavy (non-hydrogen) atoms. The maximum atomic E-state index is 14.1. The number of nitro groups is 1. The molecule has 9 heteroatoms. The molecule has 0 radical (unpaired) electrons. The maximum Gasteiger partial charge on any atom is 0.296 e. The predicted molar refractivity (Wildman–Crippen MR) is 173 cm³/mol. The molecule has 5 rings (SSSR count). The van der Waals surface area contributed by atoms with Crippen molar-refractivity contribution >= 4 is 28.9 Å². The van der Waals surface area contributed by atoms with Gasteiger partial charge in [-0.15, -0.1) is 11.8 Å². The maximum absolute atomic E-state index is 14.1. The summed E-state index contributed by atoms with van der Waals surface area (Å²) in [5, 5.41) is 22.8. The van der Waals surface area contributed by atoms with E-state index in [1.165, 1.54) is 23.6 Å². The number of rotatable bonds is 7. The number of hydrogen-bond donors (Lipinski definition) is 1. The highest BCUT2D eigenvalue weighted by Gasteiger charge is 2.46. The van der Waals surface area contributed by atoms with Gasteiger partial charge in [-0.05, 0) is 78.6 Å². The lowest BCUT2D eigenvalue weighted by Crippen LogP contribution is -2.42. The zero-order chi connectivity index (χ0) is 31.9.